The molecule has 1 aliphatic rings. The Hall–Kier alpha value is -2.18. The number of halogens is 2. The van der Waals surface area contributed by atoms with Gasteiger partial charge < -0.3 is 15.2 Å². The van der Waals surface area contributed by atoms with Gasteiger partial charge in [0.2, 0.25) is 0 Å². The van der Waals surface area contributed by atoms with Crippen molar-refractivity contribution in [2.45, 2.75) is 32.2 Å². The van der Waals surface area contributed by atoms with Gasteiger partial charge in [-0.05, 0) is 43.9 Å². The zero-order valence-electron chi connectivity index (χ0n) is 12.4. The van der Waals surface area contributed by atoms with E-state index in [1.165, 1.54) is 0 Å². The van der Waals surface area contributed by atoms with Crippen LogP contribution in [0.5, 0.6) is 0 Å². The Morgan fingerprint density at radius 2 is 2.18 bits per heavy atom. The minimum Gasteiger partial charge on any atom is -0.337 e. The van der Waals surface area contributed by atoms with Crippen LogP contribution in [-0.4, -0.2) is 34.0 Å². The molecule has 1 heterocycles. The molecule has 1 fully saturated rings. The lowest BCUT2D eigenvalue weighted by atomic mass is 10.2. The van der Waals surface area contributed by atoms with Gasteiger partial charge in [0, 0.05) is 18.8 Å². The first-order valence-corrected chi connectivity index (χ1v) is 7.27. The monoisotopic (exact) mass is 308 g/mol. The molecule has 2 amide bonds. The number of carbonyl (C=O) groups is 1. The van der Waals surface area contributed by atoms with Crippen molar-refractivity contribution >= 4 is 22.8 Å². The quantitative estimate of drug-likeness (QED) is 0.903. The fourth-order valence-corrected chi connectivity index (χ4v) is 2.50. The Morgan fingerprint density at radius 3 is 2.82 bits per heavy atom. The topological polar surface area (TPSA) is 61.0 Å². The molecule has 1 aromatic heterocycles. The highest BCUT2D eigenvalue weighted by Crippen LogP contribution is 2.34. The lowest BCUT2D eigenvalue weighted by molar-refractivity contribution is 0.142. The normalized spacial score (nSPS) is 16.0. The number of nitrogens with zero attached hydrogens (tertiary/aromatic N) is 2. The van der Waals surface area contributed by atoms with Crippen LogP contribution in [0.15, 0.2) is 18.2 Å². The van der Waals surface area contributed by atoms with Crippen molar-refractivity contribution in [1.29, 1.82) is 0 Å². The molecule has 2 aromatic rings. The second-order valence-corrected chi connectivity index (χ2v) is 5.77. The number of urea groups is 1. The fraction of sp³-hybridized carbons (Fsp3) is 0.467. The van der Waals surface area contributed by atoms with Crippen LogP contribution < -0.4 is 5.32 Å². The first-order valence-electron chi connectivity index (χ1n) is 7.27. The molecule has 0 spiro atoms. The Labute approximate surface area is 126 Å². The van der Waals surface area contributed by atoms with Crippen molar-refractivity contribution in [3.63, 3.8) is 0 Å². The average molecular weight is 308 g/mol. The van der Waals surface area contributed by atoms with E-state index in [1.54, 1.807) is 30.1 Å². The largest absolute Gasteiger partial charge is 0.337 e. The summed E-state index contributed by atoms with van der Waals surface area (Å²) in [6.07, 6.45) is -0.319. The molecular weight excluding hydrogens is 290 g/mol. The van der Waals surface area contributed by atoms with Crippen LogP contribution in [0.3, 0.4) is 0 Å². The van der Waals surface area contributed by atoms with Gasteiger partial charge in [0.1, 0.15) is 0 Å². The molecular formula is C15H18F2N4O. The highest BCUT2D eigenvalue weighted by atomic mass is 19.3. The van der Waals surface area contributed by atoms with Crippen molar-refractivity contribution in [1.82, 2.24) is 14.9 Å². The van der Waals surface area contributed by atoms with Crippen LogP contribution in [0.4, 0.5) is 19.3 Å². The van der Waals surface area contributed by atoms with Gasteiger partial charge in [0.25, 0.3) is 6.43 Å². The third kappa shape index (κ3) is 2.88. The number of benzene rings is 1. The fourth-order valence-electron chi connectivity index (χ4n) is 2.50. The number of amides is 2. The van der Waals surface area contributed by atoms with Gasteiger partial charge in [0.05, 0.1) is 11.0 Å². The predicted molar refractivity (Wildman–Crippen MR) is 80.0 cm³/mol. The van der Waals surface area contributed by atoms with Gasteiger partial charge in [-0.1, -0.05) is 0 Å². The molecule has 0 radical (unpaired) electrons. The summed E-state index contributed by atoms with van der Waals surface area (Å²) in [6.45, 7) is 2.03. The van der Waals surface area contributed by atoms with Gasteiger partial charge in [-0.3, -0.25) is 0 Å². The molecule has 118 valence electrons. The lowest BCUT2D eigenvalue weighted by Gasteiger charge is -2.25. The maximum Gasteiger partial charge on any atom is 0.321 e. The first-order chi connectivity index (χ1) is 10.5. The number of hydrogen-bond acceptors (Lipinski definition) is 2. The molecule has 2 N–H and O–H groups in total. The molecule has 1 atom stereocenters. The number of aromatic amines is 1. The number of rotatable bonds is 4. The number of anilines is 1. The van der Waals surface area contributed by atoms with Crippen LogP contribution in [0.2, 0.25) is 0 Å². The standard InChI is InChI=1S/C15H18F2N4O/c1-8(9-3-4-9)21(2)15(22)18-10-5-6-11-12(7-10)20-14(19-11)13(16)17/h5-9,13H,3-4H2,1-2H3,(H,18,22)(H,19,20). The Balaban J connectivity index is 1.74. The van der Waals surface area contributed by atoms with Gasteiger partial charge in [0.15, 0.2) is 5.82 Å². The Kier molecular flexibility index (Phi) is 3.72. The van der Waals surface area contributed by atoms with Crippen LogP contribution in [0, 0.1) is 5.92 Å². The summed E-state index contributed by atoms with van der Waals surface area (Å²) in [6, 6.07) is 4.87. The number of H-pyrrole nitrogens is 1. The Bertz CT molecular complexity index is 696. The minimum atomic E-state index is -2.64. The first kappa shape index (κ1) is 14.7. The van der Waals surface area contributed by atoms with Crippen LogP contribution in [0.1, 0.15) is 32.0 Å². The maximum absolute atomic E-state index is 12.6. The molecule has 1 aliphatic carbocycles. The third-order valence-electron chi connectivity index (χ3n) is 4.19. The van der Waals surface area contributed by atoms with Crippen molar-refractivity contribution in [2.75, 3.05) is 12.4 Å². The summed E-state index contributed by atoms with van der Waals surface area (Å²) < 4.78 is 25.2. The maximum atomic E-state index is 12.6. The molecule has 7 heteroatoms. The molecule has 22 heavy (non-hydrogen) atoms. The van der Waals surface area contributed by atoms with E-state index in [-0.39, 0.29) is 17.9 Å². The molecule has 5 nitrogen and oxygen atoms in total. The minimum absolute atomic E-state index is 0.196. The van der Waals surface area contributed by atoms with E-state index in [4.69, 9.17) is 0 Å². The van der Waals surface area contributed by atoms with Crippen LogP contribution in [0.25, 0.3) is 11.0 Å². The highest BCUT2D eigenvalue weighted by Gasteiger charge is 2.32. The van der Waals surface area contributed by atoms with Gasteiger partial charge >= 0.3 is 6.03 Å². The van der Waals surface area contributed by atoms with E-state index in [0.717, 1.165) is 12.8 Å². The Morgan fingerprint density at radius 1 is 1.45 bits per heavy atom. The number of aromatic nitrogens is 2. The third-order valence-corrected chi connectivity index (χ3v) is 4.19. The smallest absolute Gasteiger partial charge is 0.321 e. The molecule has 1 unspecified atom stereocenters. The van der Waals surface area contributed by atoms with E-state index < -0.39 is 6.43 Å². The van der Waals surface area contributed by atoms with E-state index in [9.17, 15) is 13.6 Å². The molecule has 0 bridgehead atoms. The summed E-state index contributed by atoms with van der Waals surface area (Å²) in [5.74, 6) is 0.220. The van der Waals surface area contributed by atoms with Gasteiger partial charge in [-0.25, -0.2) is 18.6 Å². The van der Waals surface area contributed by atoms with Gasteiger partial charge in [-0.15, -0.1) is 0 Å². The SMILES string of the molecule is CC(C1CC1)N(C)C(=O)Nc1ccc2nc(C(F)F)[nH]c2c1. The van der Waals surface area contributed by atoms with Crippen LogP contribution >= 0.6 is 0 Å². The van der Waals surface area contributed by atoms with E-state index in [0.29, 0.717) is 22.6 Å². The lowest BCUT2D eigenvalue weighted by Crippen LogP contribution is -2.39. The van der Waals surface area contributed by atoms with Crippen molar-refractivity contribution < 1.29 is 13.6 Å². The number of hydrogen-bond donors (Lipinski definition) is 2. The predicted octanol–water partition coefficient (Wildman–Crippen LogP) is 3.76. The second kappa shape index (κ2) is 5.55. The molecule has 1 saturated carbocycles. The second-order valence-electron chi connectivity index (χ2n) is 5.77. The summed E-state index contributed by atoms with van der Waals surface area (Å²) in [7, 11) is 1.77. The van der Waals surface area contributed by atoms with E-state index in [2.05, 4.69) is 15.3 Å². The van der Waals surface area contributed by atoms with Crippen molar-refractivity contribution in [3.05, 3.63) is 24.0 Å². The molecule has 1 aromatic carbocycles. The summed E-state index contributed by atoms with van der Waals surface area (Å²) in [5.41, 5.74) is 1.48. The summed E-state index contributed by atoms with van der Waals surface area (Å²) in [5, 5.41) is 2.79. The average Bonchev–Trinajstić information content (AvgIpc) is 3.24. The zero-order valence-corrected chi connectivity index (χ0v) is 12.4. The highest BCUT2D eigenvalue weighted by molar-refractivity contribution is 5.92. The number of fused-ring (bicyclic) bond motifs is 1. The molecule has 0 saturated heterocycles. The van der Waals surface area contributed by atoms with Crippen molar-refractivity contribution in [2.24, 2.45) is 5.92 Å². The van der Waals surface area contributed by atoms with E-state index in [1.807, 2.05) is 6.92 Å². The number of nitrogens with one attached hydrogen (secondary N) is 2. The summed E-state index contributed by atoms with van der Waals surface area (Å²) >= 11 is 0. The number of imidazole rings is 1. The number of carbonyl (C=O) groups excluding carboxylic acids is 1. The van der Waals surface area contributed by atoms with Crippen molar-refractivity contribution in [3.8, 4) is 0 Å². The molecule has 3 rings (SSSR count). The van der Waals surface area contributed by atoms with Crippen LogP contribution in [-0.2, 0) is 0 Å². The van der Waals surface area contributed by atoms with E-state index >= 15 is 0 Å². The zero-order chi connectivity index (χ0) is 15.9. The molecule has 0 aliphatic heterocycles. The number of alkyl halides is 2. The van der Waals surface area contributed by atoms with Gasteiger partial charge in [-0.2, -0.15) is 0 Å². The summed E-state index contributed by atoms with van der Waals surface area (Å²) in [4.78, 5) is 20.2.